The fraction of sp³-hybridized carbons (Fsp3) is 0.562. The fourth-order valence-electron chi connectivity index (χ4n) is 2.58. The summed E-state index contributed by atoms with van der Waals surface area (Å²) in [4.78, 5) is 27.7. The van der Waals surface area contributed by atoms with Crippen LogP contribution in [-0.2, 0) is 9.59 Å². The molecule has 1 aliphatic carbocycles. The van der Waals surface area contributed by atoms with Gasteiger partial charge in [0.1, 0.15) is 5.82 Å². The van der Waals surface area contributed by atoms with Gasteiger partial charge in [-0.05, 0) is 31.4 Å². The SMILES string of the molecule is CCCC(=O)Nc1ccc(NC(=O)C2CCCCC2)cn1. The van der Waals surface area contributed by atoms with Crippen LogP contribution in [0.2, 0.25) is 0 Å². The molecule has 1 saturated carbocycles. The predicted octanol–water partition coefficient (Wildman–Crippen LogP) is 3.34. The minimum absolute atomic E-state index is 0.0380. The minimum Gasteiger partial charge on any atom is -0.324 e. The van der Waals surface area contributed by atoms with Crippen LogP contribution in [0.1, 0.15) is 51.9 Å². The van der Waals surface area contributed by atoms with Gasteiger partial charge in [-0.3, -0.25) is 9.59 Å². The Morgan fingerprint density at radius 3 is 2.57 bits per heavy atom. The number of carbonyl (C=O) groups is 2. The van der Waals surface area contributed by atoms with Gasteiger partial charge in [-0.1, -0.05) is 26.2 Å². The molecule has 0 radical (unpaired) electrons. The number of amides is 2. The third-order valence-electron chi connectivity index (χ3n) is 3.75. The number of nitrogens with one attached hydrogen (secondary N) is 2. The third kappa shape index (κ3) is 4.85. The highest BCUT2D eigenvalue weighted by atomic mass is 16.2. The van der Waals surface area contributed by atoms with Crippen LogP contribution >= 0.6 is 0 Å². The topological polar surface area (TPSA) is 71.1 Å². The van der Waals surface area contributed by atoms with Crippen molar-refractivity contribution in [2.24, 2.45) is 5.92 Å². The summed E-state index contributed by atoms with van der Waals surface area (Å²) >= 11 is 0. The molecule has 1 fully saturated rings. The Morgan fingerprint density at radius 1 is 1.19 bits per heavy atom. The Labute approximate surface area is 125 Å². The lowest BCUT2D eigenvalue weighted by atomic mass is 9.88. The maximum Gasteiger partial charge on any atom is 0.227 e. The molecule has 5 heteroatoms. The van der Waals surface area contributed by atoms with Crippen molar-refractivity contribution in [3.05, 3.63) is 18.3 Å². The van der Waals surface area contributed by atoms with Crippen molar-refractivity contribution in [2.75, 3.05) is 10.6 Å². The van der Waals surface area contributed by atoms with Crippen molar-refractivity contribution < 1.29 is 9.59 Å². The molecule has 1 aliphatic rings. The number of pyridine rings is 1. The highest BCUT2D eigenvalue weighted by Crippen LogP contribution is 2.25. The molecule has 0 saturated heterocycles. The third-order valence-corrected chi connectivity index (χ3v) is 3.75. The summed E-state index contributed by atoms with van der Waals surface area (Å²) in [5.41, 5.74) is 0.680. The van der Waals surface area contributed by atoms with Gasteiger partial charge in [0, 0.05) is 12.3 Å². The van der Waals surface area contributed by atoms with E-state index in [1.54, 1.807) is 18.3 Å². The van der Waals surface area contributed by atoms with E-state index in [-0.39, 0.29) is 17.7 Å². The van der Waals surface area contributed by atoms with Crippen LogP contribution in [0, 0.1) is 5.92 Å². The summed E-state index contributed by atoms with van der Waals surface area (Å²) in [5, 5.41) is 5.63. The van der Waals surface area contributed by atoms with Crippen molar-refractivity contribution in [1.82, 2.24) is 4.98 Å². The van der Waals surface area contributed by atoms with E-state index >= 15 is 0 Å². The van der Waals surface area contributed by atoms with E-state index < -0.39 is 0 Å². The average molecular weight is 289 g/mol. The van der Waals surface area contributed by atoms with Gasteiger partial charge in [0.15, 0.2) is 0 Å². The van der Waals surface area contributed by atoms with Crippen molar-refractivity contribution in [1.29, 1.82) is 0 Å². The zero-order chi connectivity index (χ0) is 15.1. The molecule has 5 nitrogen and oxygen atoms in total. The summed E-state index contributed by atoms with van der Waals surface area (Å²) in [6, 6.07) is 3.49. The number of aromatic nitrogens is 1. The molecule has 0 unspecified atom stereocenters. The molecule has 2 rings (SSSR count). The minimum atomic E-state index is -0.0380. The van der Waals surface area contributed by atoms with Crippen molar-refractivity contribution >= 4 is 23.3 Å². The molecule has 1 aromatic rings. The van der Waals surface area contributed by atoms with E-state index in [0.29, 0.717) is 17.9 Å². The molecule has 0 bridgehead atoms. The highest BCUT2D eigenvalue weighted by Gasteiger charge is 2.21. The van der Waals surface area contributed by atoms with Crippen LogP contribution in [0.15, 0.2) is 18.3 Å². The molecule has 114 valence electrons. The molecule has 21 heavy (non-hydrogen) atoms. The second kappa shape index (κ2) is 7.76. The van der Waals surface area contributed by atoms with Gasteiger partial charge in [0.25, 0.3) is 0 Å². The Morgan fingerprint density at radius 2 is 1.95 bits per heavy atom. The molecule has 0 spiro atoms. The van der Waals surface area contributed by atoms with Gasteiger partial charge in [0.05, 0.1) is 11.9 Å². The maximum absolute atomic E-state index is 12.1. The Bertz CT molecular complexity index is 479. The lowest BCUT2D eigenvalue weighted by Gasteiger charge is -2.20. The van der Waals surface area contributed by atoms with Crippen molar-refractivity contribution in [2.45, 2.75) is 51.9 Å². The normalized spacial score (nSPS) is 15.5. The van der Waals surface area contributed by atoms with E-state index in [9.17, 15) is 9.59 Å². The van der Waals surface area contributed by atoms with Gasteiger partial charge >= 0.3 is 0 Å². The predicted molar refractivity (Wildman–Crippen MR) is 83.0 cm³/mol. The molecular weight excluding hydrogens is 266 g/mol. The van der Waals surface area contributed by atoms with E-state index in [0.717, 1.165) is 32.1 Å². The molecule has 0 atom stereocenters. The molecule has 0 aliphatic heterocycles. The fourth-order valence-corrected chi connectivity index (χ4v) is 2.58. The number of nitrogens with zero attached hydrogens (tertiary/aromatic N) is 1. The van der Waals surface area contributed by atoms with Crippen LogP contribution in [-0.4, -0.2) is 16.8 Å². The summed E-state index contributed by atoms with van der Waals surface area (Å²) in [6.45, 7) is 1.96. The monoisotopic (exact) mass is 289 g/mol. The Balaban J connectivity index is 1.86. The van der Waals surface area contributed by atoms with Crippen LogP contribution in [0.4, 0.5) is 11.5 Å². The lowest BCUT2D eigenvalue weighted by Crippen LogP contribution is -2.24. The lowest BCUT2D eigenvalue weighted by molar-refractivity contribution is -0.120. The maximum atomic E-state index is 12.1. The first-order chi connectivity index (χ1) is 10.2. The zero-order valence-corrected chi connectivity index (χ0v) is 12.5. The van der Waals surface area contributed by atoms with Crippen LogP contribution in [0.3, 0.4) is 0 Å². The molecule has 0 aromatic carbocycles. The van der Waals surface area contributed by atoms with Crippen LogP contribution in [0.5, 0.6) is 0 Å². The highest BCUT2D eigenvalue weighted by molar-refractivity contribution is 5.93. The first-order valence-electron chi connectivity index (χ1n) is 7.76. The van der Waals surface area contributed by atoms with Gasteiger partial charge in [-0.15, -0.1) is 0 Å². The Hall–Kier alpha value is -1.91. The smallest absolute Gasteiger partial charge is 0.227 e. The average Bonchev–Trinajstić information content (AvgIpc) is 2.50. The van der Waals surface area contributed by atoms with Crippen LogP contribution in [0.25, 0.3) is 0 Å². The number of anilines is 2. The zero-order valence-electron chi connectivity index (χ0n) is 12.5. The van der Waals surface area contributed by atoms with E-state index in [1.807, 2.05) is 6.92 Å². The summed E-state index contributed by atoms with van der Waals surface area (Å²) in [6.07, 6.45) is 8.34. The van der Waals surface area contributed by atoms with E-state index in [4.69, 9.17) is 0 Å². The van der Waals surface area contributed by atoms with Crippen molar-refractivity contribution in [3.63, 3.8) is 0 Å². The largest absolute Gasteiger partial charge is 0.324 e. The summed E-state index contributed by atoms with van der Waals surface area (Å²) < 4.78 is 0. The first kappa shape index (κ1) is 15.5. The molecule has 2 amide bonds. The van der Waals surface area contributed by atoms with Gasteiger partial charge in [-0.2, -0.15) is 0 Å². The molecule has 1 heterocycles. The number of hydrogen-bond acceptors (Lipinski definition) is 3. The molecule has 2 N–H and O–H groups in total. The van der Waals surface area contributed by atoms with E-state index in [1.165, 1.54) is 6.42 Å². The standard InChI is InChI=1S/C16H23N3O2/c1-2-6-15(20)19-14-10-9-13(11-17-14)18-16(21)12-7-4-3-5-8-12/h9-12H,2-8H2,1H3,(H,18,21)(H,17,19,20). The number of hydrogen-bond donors (Lipinski definition) is 2. The second-order valence-electron chi connectivity index (χ2n) is 5.55. The number of carbonyl (C=O) groups excluding carboxylic acids is 2. The second-order valence-corrected chi connectivity index (χ2v) is 5.55. The quantitative estimate of drug-likeness (QED) is 0.873. The molecule has 1 aromatic heterocycles. The van der Waals surface area contributed by atoms with Gasteiger partial charge in [0.2, 0.25) is 11.8 Å². The van der Waals surface area contributed by atoms with Crippen molar-refractivity contribution in [3.8, 4) is 0 Å². The Kier molecular flexibility index (Phi) is 5.72. The van der Waals surface area contributed by atoms with Crippen LogP contribution < -0.4 is 10.6 Å². The summed E-state index contributed by atoms with van der Waals surface area (Å²) in [7, 11) is 0. The van der Waals surface area contributed by atoms with E-state index in [2.05, 4.69) is 15.6 Å². The van der Waals surface area contributed by atoms with Gasteiger partial charge in [-0.25, -0.2) is 4.98 Å². The summed E-state index contributed by atoms with van der Waals surface area (Å²) in [5.74, 6) is 0.690. The molecular formula is C16H23N3O2. The number of rotatable bonds is 5. The first-order valence-corrected chi connectivity index (χ1v) is 7.76. The van der Waals surface area contributed by atoms with Gasteiger partial charge < -0.3 is 10.6 Å².